The van der Waals surface area contributed by atoms with E-state index in [2.05, 4.69) is 9.97 Å². The molecule has 3 rings (SSSR count). The van der Waals surface area contributed by atoms with E-state index < -0.39 is 0 Å². The summed E-state index contributed by atoms with van der Waals surface area (Å²) in [5.41, 5.74) is 9.05. The standard InChI is InChI=1S/C10H12N2O2.C9H7NO/c1-2-14-10(13)4-3-8-5-6-12-7-9(8)11;11-9-2-1-7-3-4-10-6-8(7)5-9/h3-7H,2,11H2,1H3;1-4,6H,5H2/b4-3+;. The van der Waals surface area contributed by atoms with Crippen LogP contribution in [0.2, 0.25) is 0 Å². The Morgan fingerprint density at radius 1 is 1.24 bits per heavy atom. The van der Waals surface area contributed by atoms with Gasteiger partial charge in [-0.3, -0.25) is 14.8 Å². The number of allylic oxidation sites excluding steroid dienone is 1. The first kappa shape index (κ1) is 18.1. The summed E-state index contributed by atoms with van der Waals surface area (Å²) in [6.07, 6.45) is 13.5. The number of anilines is 1. The Hall–Kier alpha value is -3.28. The zero-order valence-corrected chi connectivity index (χ0v) is 13.9. The first-order chi connectivity index (χ1) is 12.1. The van der Waals surface area contributed by atoms with Gasteiger partial charge in [0.25, 0.3) is 0 Å². The molecule has 0 saturated heterocycles. The van der Waals surface area contributed by atoms with Gasteiger partial charge in [-0.1, -0.05) is 6.08 Å². The molecule has 0 spiro atoms. The van der Waals surface area contributed by atoms with Crippen molar-refractivity contribution in [1.82, 2.24) is 9.97 Å². The van der Waals surface area contributed by atoms with Gasteiger partial charge in [0, 0.05) is 36.7 Å². The summed E-state index contributed by atoms with van der Waals surface area (Å²) in [5.74, 6) is -0.214. The van der Waals surface area contributed by atoms with E-state index in [-0.39, 0.29) is 11.8 Å². The fraction of sp³-hybridized carbons (Fsp3) is 0.158. The number of ketones is 1. The molecule has 2 heterocycles. The topological polar surface area (TPSA) is 95.2 Å². The van der Waals surface area contributed by atoms with E-state index >= 15 is 0 Å². The van der Waals surface area contributed by atoms with Crippen LogP contribution in [-0.2, 0) is 20.7 Å². The third-order valence-electron chi connectivity index (χ3n) is 3.33. The fourth-order valence-electron chi connectivity index (χ4n) is 2.09. The number of pyridine rings is 2. The summed E-state index contributed by atoms with van der Waals surface area (Å²) < 4.78 is 4.72. The van der Waals surface area contributed by atoms with Crippen LogP contribution < -0.4 is 5.73 Å². The van der Waals surface area contributed by atoms with Crippen molar-refractivity contribution in [2.24, 2.45) is 0 Å². The van der Waals surface area contributed by atoms with Crippen LogP contribution in [-0.4, -0.2) is 28.3 Å². The molecule has 0 aliphatic heterocycles. The molecule has 0 fully saturated rings. The zero-order chi connectivity index (χ0) is 18.1. The van der Waals surface area contributed by atoms with Crippen molar-refractivity contribution in [2.75, 3.05) is 12.3 Å². The third-order valence-corrected chi connectivity index (χ3v) is 3.33. The van der Waals surface area contributed by atoms with Gasteiger partial charge in [-0.15, -0.1) is 0 Å². The van der Waals surface area contributed by atoms with Gasteiger partial charge in [0.1, 0.15) is 0 Å². The van der Waals surface area contributed by atoms with E-state index in [1.54, 1.807) is 43.7 Å². The van der Waals surface area contributed by atoms with E-state index in [1.807, 2.05) is 12.1 Å². The highest BCUT2D eigenvalue weighted by molar-refractivity contribution is 5.98. The molecule has 0 radical (unpaired) electrons. The first-order valence-corrected chi connectivity index (χ1v) is 7.78. The second-order valence-electron chi connectivity index (χ2n) is 5.14. The molecule has 2 aromatic rings. The van der Waals surface area contributed by atoms with Crippen LogP contribution in [0.25, 0.3) is 12.2 Å². The predicted molar refractivity (Wildman–Crippen MR) is 96.3 cm³/mol. The second-order valence-corrected chi connectivity index (χ2v) is 5.14. The molecule has 0 saturated carbocycles. The third kappa shape index (κ3) is 5.69. The zero-order valence-electron chi connectivity index (χ0n) is 13.9. The first-order valence-electron chi connectivity index (χ1n) is 7.78. The number of carbonyl (C=O) groups excluding carboxylic acids is 2. The van der Waals surface area contributed by atoms with Crippen LogP contribution >= 0.6 is 0 Å². The van der Waals surface area contributed by atoms with Gasteiger partial charge in [0.2, 0.25) is 0 Å². The molecule has 0 bridgehead atoms. The van der Waals surface area contributed by atoms with Gasteiger partial charge in [-0.2, -0.15) is 0 Å². The quantitative estimate of drug-likeness (QED) is 0.683. The summed E-state index contributed by atoms with van der Waals surface area (Å²) >= 11 is 0. The minimum atomic E-state index is -0.372. The van der Waals surface area contributed by atoms with Gasteiger partial charge in [0.15, 0.2) is 5.78 Å². The maximum atomic E-state index is 11.0. The molecule has 1 aliphatic rings. The number of rotatable bonds is 3. The van der Waals surface area contributed by atoms with Crippen molar-refractivity contribution in [1.29, 1.82) is 0 Å². The normalized spacial score (nSPS) is 12.3. The molecule has 6 nitrogen and oxygen atoms in total. The largest absolute Gasteiger partial charge is 0.463 e. The molecule has 0 atom stereocenters. The Labute approximate surface area is 146 Å². The molecule has 6 heteroatoms. The summed E-state index contributed by atoms with van der Waals surface area (Å²) in [4.78, 5) is 29.7. The van der Waals surface area contributed by atoms with E-state index in [9.17, 15) is 9.59 Å². The van der Waals surface area contributed by atoms with Crippen molar-refractivity contribution < 1.29 is 14.3 Å². The number of ether oxygens (including phenoxy) is 1. The van der Waals surface area contributed by atoms with Gasteiger partial charge >= 0.3 is 5.97 Å². The fourth-order valence-corrected chi connectivity index (χ4v) is 2.09. The van der Waals surface area contributed by atoms with Crippen LogP contribution in [0.4, 0.5) is 5.69 Å². The Bertz CT molecular complexity index is 813. The Morgan fingerprint density at radius 3 is 2.76 bits per heavy atom. The number of hydrogen-bond donors (Lipinski definition) is 1. The molecule has 0 aromatic carbocycles. The van der Waals surface area contributed by atoms with Crippen LogP contribution in [0, 0.1) is 0 Å². The Morgan fingerprint density at radius 2 is 2.00 bits per heavy atom. The molecule has 0 unspecified atom stereocenters. The number of nitrogens with zero attached hydrogens (tertiary/aromatic N) is 2. The highest BCUT2D eigenvalue weighted by Crippen LogP contribution is 2.14. The van der Waals surface area contributed by atoms with Gasteiger partial charge < -0.3 is 10.5 Å². The van der Waals surface area contributed by atoms with Crippen molar-refractivity contribution in [3.63, 3.8) is 0 Å². The molecular formula is C19H19N3O3. The second kappa shape index (κ2) is 9.12. The molecule has 25 heavy (non-hydrogen) atoms. The number of aromatic nitrogens is 2. The maximum Gasteiger partial charge on any atom is 0.330 e. The van der Waals surface area contributed by atoms with E-state index in [4.69, 9.17) is 10.5 Å². The van der Waals surface area contributed by atoms with Crippen LogP contribution in [0.5, 0.6) is 0 Å². The summed E-state index contributed by atoms with van der Waals surface area (Å²) in [6.45, 7) is 2.13. The lowest BCUT2D eigenvalue weighted by molar-refractivity contribution is -0.137. The summed E-state index contributed by atoms with van der Waals surface area (Å²) in [6, 6.07) is 3.64. The lowest BCUT2D eigenvalue weighted by atomic mass is 9.99. The van der Waals surface area contributed by atoms with Crippen molar-refractivity contribution in [3.05, 3.63) is 65.8 Å². The number of nitrogen functional groups attached to an aromatic ring is 1. The molecular weight excluding hydrogens is 318 g/mol. The maximum absolute atomic E-state index is 11.0. The Balaban J connectivity index is 0.000000185. The van der Waals surface area contributed by atoms with Crippen LogP contribution in [0.3, 0.4) is 0 Å². The predicted octanol–water partition coefficient (Wildman–Crippen LogP) is 2.46. The van der Waals surface area contributed by atoms with Crippen LogP contribution in [0.1, 0.15) is 23.6 Å². The van der Waals surface area contributed by atoms with Crippen molar-refractivity contribution >= 4 is 29.6 Å². The van der Waals surface area contributed by atoms with E-state index in [1.165, 1.54) is 12.3 Å². The minimum absolute atomic E-state index is 0.158. The number of fused-ring (bicyclic) bond motifs is 1. The smallest absolute Gasteiger partial charge is 0.330 e. The highest BCUT2D eigenvalue weighted by Gasteiger charge is 2.08. The molecule has 128 valence electrons. The van der Waals surface area contributed by atoms with Crippen molar-refractivity contribution in [3.8, 4) is 0 Å². The van der Waals surface area contributed by atoms with Crippen LogP contribution in [0.15, 0.2) is 49.1 Å². The van der Waals surface area contributed by atoms with E-state index in [0.717, 1.165) is 16.7 Å². The van der Waals surface area contributed by atoms with E-state index in [0.29, 0.717) is 18.7 Å². The number of esters is 1. The number of hydrogen-bond acceptors (Lipinski definition) is 6. The van der Waals surface area contributed by atoms with Crippen molar-refractivity contribution in [2.45, 2.75) is 13.3 Å². The number of nitrogens with two attached hydrogens (primary N) is 1. The lowest BCUT2D eigenvalue weighted by Crippen LogP contribution is -2.04. The summed E-state index contributed by atoms with van der Waals surface area (Å²) in [5, 5.41) is 0. The monoisotopic (exact) mass is 337 g/mol. The lowest BCUT2D eigenvalue weighted by Gasteiger charge is -2.06. The summed E-state index contributed by atoms with van der Waals surface area (Å²) in [7, 11) is 0. The molecule has 2 aromatic heterocycles. The minimum Gasteiger partial charge on any atom is -0.463 e. The van der Waals surface area contributed by atoms with Gasteiger partial charge in [-0.25, -0.2) is 4.79 Å². The molecule has 0 amide bonds. The highest BCUT2D eigenvalue weighted by atomic mass is 16.5. The van der Waals surface area contributed by atoms with Gasteiger partial charge in [-0.05, 0) is 42.3 Å². The molecule has 2 N–H and O–H groups in total. The Kier molecular flexibility index (Phi) is 6.59. The van der Waals surface area contributed by atoms with Gasteiger partial charge in [0.05, 0.1) is 18.5 Å². The number of carbonyl (C=O) groups is 2. The average Bonchev–Trinajstić information content (AvgIpc) is 2.62. The SMILES string of the molecule is CCOC(=O)/C=C/c1ccncc1N.O=C1C=Cc2ccncc2C1. The molecule has 1 aliphatic carbocycles. The average molecular weight is 337 g/mol.